The molecule has 0 aromatic carbocycles. The van der Waals surface area contributed by atoms with Crippen molar-refractivity contribution < 1.29 is 19.4 Å². The summed E-state index contributed by atoms with van der Waals surface area (Å²) in [4.78, 5) is 18.9. The standard InChI is InChI=1S/C8H18O.C3H5NO3/c1-7(2,3)9-8(4,5)6;5-2-1-4-3(6)7/h1-6H3;2,4H,1H2,(H,6,7). The van der Waals surface area contributed by atoms with Crippen molar-refractivity contribution in [2.24, 2.45) is 0 Å². The number of hydrogen-bond acceptors (Lipinski definition) is 3. The summed E-state index contributed by atoms with van der Waals surface area (Å²) in [7, 11) is 0. The van der Waals surface area contributed by atoms with Crippen LogP contribution in [0.5, 0.6) is 0 Å². The van der Waals surface area contributed by atoms with E-state index >= 15 is 0 Å². The van der Waals surface area contributed by atoms with Gasteiger partial charge in [0.15, 0.2) is 0 Å². The van der Waals surface area contributed by atoms with Gasteiger partial charge in [0.25, 0.3) is 0 Å². The lowest BCUT2D eigenvalue weighted by atomic mass is 10.1. The van der Waals surface area contributed by atoms with Crippen molar-refractivity contribution in [1.29, 1.82) is 0 Å². The number of aldehydes is 1. The first-order chi connectivity index (χ1) is 6.98. The number of carbonyl (C=O) groups is 2. The summed E-state index contributed by atoms with van der Waals surface area (Å²) in [6, 6.07) is 0. The van der Waals surface area contributed by atoms with Crippen LogP contribution in [-0.4, -0.2) is 35.2 Å². The Bertz CT molecular complexity index is 201. The molecule has 0 fully saturated rings. The van der Waals surface area contributed by atoms with Gasteiger partial charge in [-0.05, 0) is 41.5 Å². The number of carbonyl (C=O) groups excluding carboxylic acids is 1. The molecule has 0 aliphatic carbocycles. The molecule has 0 aromatic heterocycles. The fourth-order valence-electron chi connectivity index (χ4n) is 1.05. The number of rotatable bonds is 2. The van der Waals surface area contributed by atoms with Crippen LogP contribution in [-0.2, 0) is 9.53 Å². The Hall–Kier alpha value is -1.10. The molecule has 0 rings (SSSR count). The molecule has 2 N–H and O–H groups in total. The minimum absolute atomic E-state index is 0.0156. The molecule has 0 bridgehead atoms. The van der Waals surface area contributed by atoms with Crippen molar-refractivity contribution >= 4 is 12.4 Å². The molecule has 16 heavy (non-hydrogen) atoms. The highest BCUT2D eigenvalue weighted by Gasteiger charge is 2.19. The van der Waals surface area contributed by atoms with Crippen molar-refractivity contribution in [1.82, 2.24) is 5.32 Å². The summed E-state index contributed by atoms with van der Waals surface area (Å²) in [5.41, 5.74) is -0.0312. The zero-order valence-corrected chi connectivity index (χ0v) is 11.0. The largest absolute Gasteiger partial charge is 0.465 e. The molecule has 0 atom stereocenters. The second kappa shape index (κ2) is 7.22. The third-order valence-electron chi connectivity index (χ3n) is 0.949. The topological polar surface area (TPSA) is 75.6 Å². The van der Waals surface area contributed by atoms with Crippen LogP contribution in [0.1, 0.15) is 41.5 Å². The highest BCUT2D eigenvalue weighted by molar-refractivity contribution is 5.68. The van der Waals surface area contributed by atoms with Crippen LogP contribution in [0.2, 0.25) is 0 Å². The summed E-state index contributed by atoms with van der Waals surface area (Å²) >= 11 is 0. The molecule has 1 amide bonds. The van der Waals surface area contributed by atoms with Gasteiger partial charge in [0.1, 0.15) is 6.29 Å². The maximum atomic E-state index is 9.49. The lowest BCUT2D eigenvalue weighted by Gasteiger charge is -2.30. The predicted octanol–water partition coefficient (Wildman–Crippen LogP) is 2.05. The van der Waals surface area contributed by atoms with E-state index in [0.717, 1.165) is 0 Å². The smallest absolute Gasteiger partial charge is 0.405 e. The number of hydrogen-bond donors (Lipinski definition) is 2. The number of ether oxygens (including phenoxy) is 1. The molecular weight excluding hydrogens is 210 g/mol. The van der Waals surface area contributed by atoms with E-state index in [4.69, 9.17) is 9.84 Å². The third-order valence-corrected chi connectivity index (χ3v) is 0.949. The predicted molar refractivity (Wildman–Crippen MR) is 62.7 cm³/mol. The molecule has 0 aliphatic heterocycles. The Morgan fingerprint density at radius 2 is 1.56 bits per heavy atom. The monoisotopic (exact) mass is 233 g/mol. The molecular formula is C11H23NO4. The molecule has 96 valence electrons. The molecule has 0 unspecified atom stereocenters. The summed E-state index contributed by atoms with van der Waals surface area (Å²) in [6.45, 7) is 12.3. The zero-order valence-electron chi connectivity index (χ0n) is 11.0. The van der Waals surface area contributed by atoms with Gasteiger partial charge in [-0.25, -0.2) is 4.79 Å². The molecule has 0 radical (unpaired) electrons. The van der Waals surface area contributed by atoms with Crippen LogP contribution in [0.3, 0.4) is 0 Å². The van der Waals surface area contributed by atoms with Gasteiger partial charge in [0, 0.05) is 0 Å². The van der Waals surface area contributed by atoms with E-state index in [1.54, 1.807) is 0 Å². The van der Waals surface area contributed by atoms with Crippen LogP contribution in [0.4, 0.5) is 4.79 Å². The van der Waals surface area contributed by atoms with Gasteiger partial charge >= 0.3 is 6.09 Å². The average molecular weight is 233 g/mol. The van der Waals surface area contributed by atoms with E-state index in [-0.39, 0.29) is 17.7 Å². The van der Waals surface area contributed by atoms with Crippen molar-refractivity contribution in [2.75, 3.05) is 6.54 Å². The lowest BCUT2D eigenvalue weighted by molar-refractivity contribution is -0.107. The SMILES string of the molecule is CC(C)(C)OC(C)(C)C.O=CCNC(=O)O. The van der Waals surface area contributed by atoms with Crippen LogP contribution in [0.15, 0.2) is 0 Å². The van der Waals surface area contributed by atoms with Gasteiger partial charge in [-0.2, -0.15) is 0 Å². The van der Waals surface area contributed by atoms with Crippen molar-refractivity contribution in [3.05, 3.63) is 0 Å². The van der Waals surface area contributed by atoms with Crippen molar-refractivity contribution in [3.8, 4) is 0 Å². The Morgan fingerprint density at radius 3 is 1.62 bits per heavy atom. The summed E-state index contributed by atoms with van der Waals surface area (Å²) in [6.07, 6.45) is -0.694. The Morgan fingerprint density at radius 1 is 1.19 bits per heavy atom. The molecule has 5 heteroatoms. The van der Waals surface area contributed by atoms with Gasteiger partial charge in [0.2, 0.25) is 0 Å². The van der Waals surface area contributed by atoms with E-state index in [0.29, 0.717) is 6.29 Å². The Balaban J connectivity index is 0. The second-order valence-electron chi connectivity index (χ2n) is 5.18. The highest BCUT2D eigenvalue weighted by Crippen LogP contribution is 2.17. The minimum atomic E-state index is -1.17. The summed E-state index contributed by atoms with van der Waals surface area (Å²) < 4.78 is 5.62. The molecule has 0 spiro atoms. The zero-order chi connectivity index (χ0) is 13.4. The second-order valence-corrected chi connectivity index (χ2v) is 5.18. The maximum absolute atomic E-state index is 9.49. The van der Waals surface area contributed by atoms with E-state index in [1.165, 1.54) is 0 Å². The van der Waals surface area contributed by atoms with Crippen molar-refractivity contribution in [2.45, 2.75) is 52.7 Å². The average Bonchev–Trinajstić information content (AvgIpc) is 1.94. The number of amides is 1. The molecule has 5 nitrogen and oxygen atoms in total. The molecule has 0 aliphatic rings. The molecule has 0 saturated carbocycles. The van der Waals surface area contributed by atoms with Gasteiger partial charge in [-0.1, -0.05) is 0 Å². The Kier molecular flexibility index (Phi) is 7.81. The number of carboxylic acid groups (broad SMARTS) is 1. The van der Waals surface area contributed by atoms with E-state index < -0.39 is 6.09 Å². The van der Waals surface area contributed by atoms with E-state index in [2.05, 4.69) is 41.5 Å². The quantitative estimate of drug-likeness (QED) is 0.716. The van der Waals surface area contributed by atoms with Crippen molar-refractivity contribution in [3.63, 3.8) is 0 Å². The van der Waals surface area contributed by atoms with Crippen LogP contribution < -0.4 is 5.32 Å². The first-order valence-corrected chi connectivity index (χ1v) is 5.08. The van der Waals surface area contributed by atoms with E-state index in [9.17, 15) is 9.59 Å². The van der Waals surface area contributed by atoms with Gasteiger partial charge in [0.05, 0.1) is 17.7 Å². The van der Waals surface area contributed by atoms with E-state index in [1.807, 2.05) is 5.32 Å². The normalized spacial score (nSPS) is 11.1. The maximum Gasteiger partial charge on any atom is 0.405 e. The first kappa shape index (κ1) is 17.3. The third kappa shape index (κ3) is 23.1. The van der Waals surface area contributed by atoms with Crippen LogP contribution in [0, 0.1) is 0 Å². The van der Waals surface area contributed by atoms with Crippen LogP contribution in [0.25, 0.3) is 0 Å². The molecule has 0 saturated heterocycles. The number of nitrogens with one attached hydrogen (secondary N) is 1. The fourth-order valence-corrected chi connectivity index (χ4v) is 1.05. The first-order valence-electron chi connectivity index (χ1n) is 5.08. The summed E-state index contributed by atoms with van der Waals surface area (Å²) in [5, 5.41) is 9.62. The Labute approximate surface area is 97.2 Å². The molecule has 0 heterocycles. The van der Waals surface area contributed by atoms with Gasteiger partial charge < -0.3 is 20.0 Å². The van der Waals surface area contributed by atoms with Crippen LogP contribution >= 0.6 is 0 Å². The van der Waals surface area contributed by atoms with Gasteiger partial charge in [-0.3, -0.25) is 0 Å². The lowest BCUT2D eigenvalue weighted by Crippen LogP contribution is -2.31. The van der Waals surface area contributed by atoms with Gasteiger partial charge in [-0.15, -0.1) is 0 Å². The molecule has 0 aromatic rings. The minimum Gasteiger partial charge on any atom is -0.465 e. The fraction of sp³-hybridized carbons (Fsp3) is 0.818. The summed E-state index contributed by atoms with van der Waals surface area (Å²) in [5.74, 6) is 0. The highest BCUT2D eigenvalue weighted by atomic mass is 16.5.